The fraction of sp³-hybridized carbons (Fsp3) is 0.400. The van der Waals surface area contributed by atoms with Gasteiger partial charge in [-0.1, -0.05) is 48.1 Å². The van der Waals surface area contributed by atoms with Gasteiger partial charge in [-0.05, 0) is 19.4 Å². The molecule has 1 aliphatic heterocycles. The van der Waals surface area contributed by atoms with Crippen LogP contribution in [0.1, 0.15) is 24.3 Å². The van der Waals surface area contributed by atoms with Crippen molar-refractivity contribution in [1.82, 2.24) is 20.8 Å². The molecule has 5 nitrogen and oxygen atoms in total. The van der Waals surface area contributed by atoms with Gasteiger partial charge in [-0.3, -0.25) is 4.79 Å². The molecule has 0 saturated carbocycles. The van der Waals surface area contributed by atoms with Crippen molar-refractivity contribution in [2.24, 2.45) is 0 Å². The van der Waals surface area contributed by atoms with E-state index in [1.54, 1.807) is 0 Å². The van der Waals surface area contributed by atoms with Crippen LogP contribution in [-0.2, 0) is 11.3 Å². The second-order valence-corrected chi connectivity index (χ2v) is 6.15. The number of nitrogens with zero attached hydrogens (tertiary/aromatic N) is 2. The molecule has 22 heavy (non-hydrogen) atoms. The van der Waals surface area contributed by atoms with E-state index in [1.165, 1.54) is 11.3 Å². The van der Waals surface area contributed by atoms with Gasteiger partial charge in [-0.25, -0.2) is 0 Å². The van der Waals surface area contributed by atoms with Gasteiger partial charge in [0.1, 0.15) is 10.0 Å². The maximum atomic E-state index is 12.0. The summed E-state index contributed by atoms with van der Waals surface area (Å²) >= 11 is 1.52. The quantitative estimate of drug-likeness (QED) is 0.898. The number of amides is 1. The molecule has 2 N–H and O–H groups in total. The summed E-state index contributed by atoms with van der Waals surface area (Å²) in [5.41, 5.74) is 1.06. The third kappa shape index (κ3) is 4.25. The molecule has 2 aromatic rings. The number of carbonyl (C=O) groups excluding carboxylic acids is 1. The Balaban J connectivity index is 0.00000176. The number of carbonyl (C=O) groups is 1. The summed E-state index contributed by atoms with van der Waals surface area (Å²) in [7, 11) is 0. The molecule has 1 amide bonds. The standard InChI is InChI=1S/C15H18N4OS.ClH/c20-14(12-8-4-5-9-16-12)17-10-13-18-19-15(21-13)11-6-2-1-3-7-11;/h1-3,6-7,12,16H,4-5,8-10H2,(H,17,20);1H. The Morgan fingerprint density at radius 2 is 2.09 bits per heavy atom. The number of halogens is 1. The highest BCUT2D eigenvalue weighted by molar-refractivity contribution is 7.14. The first-order valence-corrected chi connectivity index (χ1v) is 8.03. The topological polar surface area (TPSA) is 66.9 Å². The highest BCUT2D eigenvalue weighted by Gasteiger charge is 2.20. The Labute approximate surface area is 139 Å². The van der Waals surface area contributed by atoms with Gasteiger partial charge >= 0.3 is 0 Å². The second kappa shape index (κ2) is 8.22. The number of aromatic nitrogens is 2. The first kappa shape index (κ1) is 16.9. The van der Waals surface area contributed by atoms with Gasteiger partial charge in [0.15, 0.2) is 0 Å². The van der Waals surface area contributed by atoms with Crippen LogP contribution in [0.2, 0.25) is 0 Å². The minimum Gasteiger partial charge on any atom is -0.348 e. The first-order valence-electron chi connectivity index (χ1n) is 7.22. The monoisotopic (exact) mass is 338 g/mol. The lowest BCUT2D eigenvalue weighted by molar-refractivity contribution is -0.123. The van der Waals surface area contributed by atoms with Gasteiger partial charge in [0.2, 0.25) is 5.91 Å². The molecule has 1 saturated heterocycles. The number of hydrogen-bond acceptors (Lipinski definition) is 5. The van der Waals surface area contributed by atoms with Crippen LogP contribution in [-0.4, -0.2) is 28.7 Å². The number of benzene rings is 1. The molecule has 1 fully saturated rings. The summed E-state index contributed by atoms with van der Waals surface area (Å²) in [6.07, 6.45) is 3.18. The van der Waals surface area contributed by atoms with E-state index in [2.05, 4.69) is 20.8 Å². The molecule has 1 unspecified atom stereocenters. The largest absolute Gasteiger partial charge is 0.348 e. The minimum absolute atomic E-state index is 0. The molecule has 118 valence electrons. The lowest BCUT2D eigenvalue weighted by atomic mass is 10.0. The third-order valence-corrected chi connectivity index (χ3v) is 4.50. The highest BCUT2D eigenvalue weighted by atomic mass is 35.5. The van der Waals surface area contributed by atoms with E-state index in [1.807, 2.05) is 30.3 Å². The molecule has 2 heterocycles. The molecule has 0 radical (unpaired) electrons. The van der Waals surface area contributed by atoms with E-state index < -0.39 is 0 Å². The molecule has 1 atom stereocenters. The molecule has 0 spiro atoms. The van der Waals surface area contributed by atoms with E-state index in [0.717, 1.165) is 41.4 Å². The Bertz CT molecular complexity index is 599. The first-order chi connectivity index (χ1) is 10.3. The maximum absolute atomic E-state index is 12.0. The van der Waals surface area contributed by atoms with Crippen LogP contribution in [0, 0.1) is 0 Å². The van der Waals surface area contributed by atoms with Crippen LogP contribution < -0.4 is 10.6 Å². The normalized spacial score (nSPS) is 17.5. The van der Waals surface area contributed by atoms with Crippen LogP contribution in [0.3, 0.4) is 0 Å². The van der Waals surface area contributed by atoms with Crippen LogP contribution in [0.25, 0.3) is 10.6 Å². The molecule has 0 bridgehead atoms. The molecule has 0 aliphatic carbocycles. The van der Waals surface area contributed by atoms with E-state index in [0.29, 0.717) is 6.54 Å². The van der Waals surface area contributed by atoms with Crippen LogP contribution in [0.5, 0.6) is 0 Å². The van der Waals surface area contributed by atoms with Crippen molar-refractivity contribution >= 4 is 29.7 Å². The van der Waals surface area contributed by atoms with Crippen LogP contribution in [0.4, 0.5) is 0 Å². The Kier molecular flexibility index (Phi) is 6.30. The molecule has 1 aromatic heterocycles. The summed E-state index contributed by atoms with van der Waals surface area (Å²) in [5, 5.41) is 16.2. The van der Waals surface area contributed by atoms with E-state index in [9.17, 15) is 4.79 Å². The molecule has 3 rings (SSSR count). The van der Waals surface area contributed by atoms with Crippen molar-refractivity contribution in [2.45, 2.75) is 31.8 Å². The van der Waals surface area contributed by atoms with Crippen molar-refractivity contribution in [2.75, 3.05) is 6.54 Å². The lowest BCUT2D eigenvalue weighted by Crippen LogP contribution is -2.46. The highest BCUT2D eigenvalue weighted by Crippen LogP contribution is 2.22. The summed E-state index contributed by atoms with van der Waals surface area (Å²) in [5.74, 6) is 0.0613. The van der Waals surface area contributed by atoms with Gasteiger partial charge in [0.05, 0.1) is 12.6 Å². The predicted octanol–water partition coefficient (Wildman–Crippen LogP) is 2.39. The third-order valence-electron chi connectivity index (χ3n) is 3.53. The molecular weight excluding hydrogens is 320 g/mol. The van der Waals surface area contributed by atoms with E-state index >= 15 is 0 Å². The van der Waals surface area contributed by atoms with Crippen molar-refractivity contribution < 1.29 is 4.79 Å². The fourth-order valence-corrected chi connectivity index (χ4v) is 3.17. The zero-order chi connectivity index (χ0) is 14.5. The summed E-state index contributed by atoms with van der Waals surface area (Å²) in [4.78, 5) is 12.0. The van der Waals surface area contributed by atoms with E-state index in [4.69, 9.17) is 0 Å². The smallest absolute Gasteiger partial charge is 0.237 e. The van der Waals surface area contributed by atoms with Gasteiger partial charge in [0.25, 0.3) is 0 Å². The zero-order valence-electron chi connectivity index (χ0n) is 12.1. The molecular formula is C15H19ClN4OS. The van der Waals surface area contributed by atoms with E-state index in [-0.39, 0.29) is 24.4 Å². The van der Waals surface area contributed by atoms with Gasteiger partial charge < -0.3 is 10.6 Å². The lowest BCUT2D eigenvalue weighted by Gasteiger charge is -2.22. The number of piperidine rings is 1. The second-order valence-electron chi connectivity index (χ2n) is 5.09. The Hall–Kier alpha value is -1.50. The Morgan fingerprint density at radius 3 is 2.82 bits per heavy atom. The summed E-state index contributed by atoms with van der Waals surface area (Å²) < 4.78 is 0. The predicted molar refractivity (Wildman–Crippen MR) is 90.1 cm³/mol. The van der Waals surface area contributed by atoms with Crippen molar-refractivity contribution in [3.8, 4) is 10.6 Å². The van der Waals surface area contributed by atoms with Crippen molar-refractivity contribution in [3.05, 3.63) is 35.3 Å². The van der Waals surface area contributed by atoms with Gasteiger partial charge in [-0.2, -0.15) is 0 Å². The van der Waals surface area contributed by atoms with Gasteiger partial charge in [0, 0.05) is 5.56 Å². The van der Waals surface area contributed by atoms with Gasteiger partial charge in [-0.15, -0.1) is 22.6 Å². The van der Waals surface area contributed by atoms with Crippen LogP contribution in [0.15, 0.2) is 30.3 Å². The Morgan fingerprint density at radius 1 is 1.27 bits per heavy atom. The number of hydrogen-bond donors (Lipinski definition) is 2. The molecule has 1 aliphatic rings. The summed E-state index contributed by atoms with van der Waals surface area (Å²) in [6, 6.07) is 9.90. The average Bonchev–Trinajstić information content (AvgIpc) is 3.03. The van der Waals surface area contributed by atoms with Crippen molar-refractivity contribution in [1.29, 1.82) is 0 Å². The number of nitrogens with one attached hydrogen (secondary N) is 2. The summed E-state index contributed by atoms with van der Waals surface area (Å²) in [6.45, 7) is 1.37. The minimum atomic E-state index is -0.0553. The fourth-order valence-electron chi connectivity index (χ4n) is 2.38. The number of rotatable bonds is 4. The molecule has 7 heteroatoms. The zero-order valence-corrected chi connectivity index (χ0v) is 13.8. The van der Waals surface area contributed by atoms with Crippen LogP contribution >= 0.6 is 23.7 Å². The molecule has 1 aromatic carbocycles. The average molecular weight is 339 g/mol. The SMILES string of the molecule is Cl.O=C(NCc1nnc(-c2ccccc2)s1)C1CCCCN1. The maximum Gasteiger partial charge on any atom is 0.237 e. The van der Waals surface area contributed by atoms with Crippen molar-refractivity contribution in [3.63, 3.8) is 0 Å².